The summed E-state index contributed by atoms with van der Waals surface area (Å²) in [4.78, 5) is 2.46. The minimum atomic E-state index is 0.279. The van der Waals surface area contributed by atoms with E-state index in [9.17, 15) is 0 Å². The van der Waals surface area contributed by atoms with Gasteiger partial charge in [-0.05, 0) is 38.8 Å². The van der Waals surface area contributed by atoms with Crippen molar-refractivity contribution >= 4 is 5.69 Å². The van der Waals surface area contributed by atoms with E-state index >= 15 is 0 Å². The van der Waals surface area contributed by atoms with Crippen molar-refractivity contribution in [1.29, 1.82) is 0 Å². The lowest BCUT2D eigenvalue weighted by Crippen LogP contribution is -2.44. The molecule has 0 heterocycles. The van der Waals surface area contributed by atoms with Crippen LogP contribution in [-0.4, -0.2) is 19.1 Å². The van der Waals surface area contributed by atoms with Gasteiger partial charge in [0, 0.05) is 30.2 Å². The molecule has 0 aromatic heterocycles. The monoisotopic (exact) mass is 246 g/mol. The van der Waals surface area contributed by atoms with E-state index in [1.54, 1.807) is 0 Å². The third-order valence-corrected chi connectivity index (χ3v) is 4.49. The molecule has 2 heteroatoms. The molecule has 1 fully saturated rings. The van der Waals surface area contributed by atoms with Crippen molar-refractivity contribution in [2.24, 2.45) is 11.1 Å². The van der Waals surface area contributed by atoms with Crippen LogP contribution >= 0.6 is 0 Å². The number of anilines is 1. The average molecular weight is 246 g/mol. The number of rotatable bonds is 4. The zero-order valence-electron chi connectivity index (χ0n) is 11.9. The number of benzene rings is 1. The number of nitrogens with two attached hydrogens (primary N) is 1. The van der Waals surface area contributed by atoms with E-state index in [2.05, 4.69) is 49.9 Å². The van der Waals surface area contributed by atoms with Gasteiger partial charge in [-0.25, -0.2) is 0 Å². The van der Waals surface area contributed by atoms with Gasteiger partial charge in [0.15, 0.2) is 0 Å². The van der Waals surface area contributed by atoms with Crippen LogP contribution in [0.5, 0.6) is 0 Å². The zero-order valence-corrected chi connectivity index (χ0v) is 11.9. The van der Waals surface area contributed by atoms with Crippen molar-refractivity contribution in [2.75, 3.05) is 18.0 Å². The maximum Gasteiger partial charge on any atom is 0.0366 e. The molecule has 2 N–H and O–H groups in total. The predicted octanol–water partition coefficient (Wildman–Crippen LogP) is 3.34. The molecule has 0 radical (unpaired) electrons. The number of hydrogen-bond acceptors (Lipinski definition) is 2. The SMILES string of the molecule is CCN(CC1(C)CCCC1N)c1ccc(C)cc1. The molecular formula is C16H26N2. The Kier molecular flexibility index (Phi) is 3.96. The second-order valence-electron chi connectivity index (χ2n) is 6.00. The lowest BCUT2D eigenvalue weighted by Gasteiger charge is -2.36. The summed E-state index contributed by atoms with van der Waals surface area (Å²) in [5, 5.41) is 0. The molecule has 0 bridgehead atoms. The van der Waals surface area contributed by atoms with Gasteiger partial charge in [0.1, 0.15) is 0 Å². The molecule has 0 saturated heterocycles. The summed E-state index contributed by atoms with van der Waals surface area (Å²) in [6.07, 6.45) is 3.72. The molecule has 0 amide bonds. The summed E-state index contributed by atoms with van der Waals surface area (Å²) in [7, 11) is 0. The fourth-order valence-electron chi connectivity index (χ4n) is 3.03. The van der Waals surface area contributed by atoms with Crippen LogP contribution in [0.1, 0.15) is 38.7 Å². The van der Waals surface area contributed by atoms with Gasteiger partial charge in [-0.15, -0.1) is 0 Å². The van der Waals surface area contributed by atoms with Gasteiger partial charge in [0.2, 0.25) is 0 Å². The summed E-state index contributed by atoms with van der Waals surface area (Å²) in [5.41, 5.74) is 9.21. The van der Waals surface area contributed by atoms with Crippen LogP contribution in [0.15, 0.2) is 24.3 Å². The normalized spacial score (nSPS) is 27.4. The predicted molar refractivity (Wildman–Crippen MR) is 79.0 cm³/mol. The molecule has 0 aliphatic heterocycles. The van der Waals surface area contributed by atoms with Crippen molar-refractivity contribution < 1.29 is 0 Å². The quantitative estimate of drug-likeness (QED) is 0.883. The van der Waals surface area contributed by atoms with Crippen LogP contribution < -0.4 is 10.6 Å². The Bertz CT molecular complexity index is 385. The van der Waals surface area contributed by atoms with Crippen molar-refractivity contribution in [2.45, 2.75) is 46.1 Å². The molecule has 2 rings (SSSR count). The maximum absolute atomic E-state index is 6.29. The Morgan fingerprint density at radius 1 is 1.33 bits per heavy atom. The highest BCUT2D eigenvalue weighted by Gasteiger charge is 2.37. The molecule has 0 spiro atoms. The van der Waals surface area contributed by atoms with Gasteiger partial charge in [0.25, 0.3) is 0 Å². The minimum Gasteiger partial charge on any atom is -0.371 e. The Labute approximate surface area is 111 Å². The largest absolute Gasteiger partial charge is 0.371 e. The molecule has 2 unspecified atom stereocenters. The van der Waals surface area contributed by atoms with Crippen LogP contribution in [0, 0.1) is 12.3 Å². The fraction of sp³-hybridized carbons (Fsp3) is 0.625. The first-order chi connectivity index (χ1) is 8.55. The molecule has 1 aromatic rings. The van der Waals surface area contributed by atoms with Crippen molar-refractivity contribution in [3.63, 3.8) is 0 Å². The molecule has 1 aliphatic rings. The maximum atomic E-state index is 6.29. The summed E-state index contributed by atoms with van der Waals surface area (Å²) in [6, 6.07) is 9.19. The van der Waals surface area contributed by atoms with Crippen LogP contribution in [0.2, 0.25) is 0 Å². The van der Waals surface area contributed by atoms with Crippen molar-refractivity contribution in [3.05, 3.63) is 29.8 Å². The van der Waals surface area contributed by atoms with E-state index < -0.39 is 0 Å². The zero-order chi connectivity index (χ0) is 13.2. The lowest BCUT2D eigenvalue weighted by molar-refractivity contribution is 0.298. The van der Waals surface area contributed by atoms with Crippen molar-refractivity contribution in [1.82, 2.24) is 0 Å². The van der Waals surface area contributed by atoms with Gasteiger partial charge in [0.05, 0.1) is 0 Å². The highest BCUT2D eigenvalue weighted by atomic mass is 15.1. The smallest absolute Gasteiger partial charge is 0.0366 e. The van der Waals surface area contributed by atoms with Crippen LogP contribution in [0.3, 0.4) is 0 Å². The number of hydrogen-bond donors (Lipinski definition) is 1. The molecule has 1 saturated carbocycles. The van der Waals surface area contributed by atoms with E-state index in [-0.39, 0.29) is 5.41 Å². The molecule has 100 valence electrons. The van der Waals surface area contributed by atoms with E-state index in [1.807, 2.05) is 0 Å². The van der Waals surface area contributed by atoms with Crippen molar-refractivity contribution in [3.8, 4) is 0 Å². The summed E-state index contributed by atoms with van der Waals surface area (Å²) in [5.74, 6) is 0. The Morgan fingerprint density at radius 2 is 2.00 bits per heavy atom. The summed E-state index contributed by atoms with van der Waals surface area (Å²) < 4.78 is 0. The number of nitrogens with zero attached hydrogens (tertiary/aromatic N) is 1. The second kappa shape index (κ2) is 5.31. The highest BCUT2D eigenvalue weighted by Crippen LogP contribution is 2.38. The van der Waals surface area contributed by atoms with Gasteiger partial charge in [-0.2, -0.15) is 0 Å². The highest BCUT2D eigenvalue weighted by molar-refractivity contribution is 5.47. The van der Waals surface area contributed by atoms with E-state index in [0.717, 1.165) is 13.1 Å². The van der Waals surface area contributed by atoms with Gasteiger partial charge < -0.3 is 10.6 Å². The lowest BCUT2D eigenvalue weighted by atomic mass is 9.84. The fourth-order valence-corrected chi connectivity index (χ4v) is 3.03. The Morgan fingerprint density at radius 3 is 2.50 bits per heavy atom. The average Bonchev–Trinajstić information content (AvgIpc) is 2.68. The summed E-state index contributed by atoms with van der Waals surface area (Å²) >= 11 is 0. The molecule has 18 heavy (non-hydrogen) atoms. The van der Waals surface area contributed by atoms with Crippen LogP contribution in [0.4, 0.5) is 5.69 Å². The Balaban J connectivity index is 2.12. The second-order valence-corrected chi connectivity index (χ2v) is 6.00. The summed E-state index contributed by atoms with van der Waals surface area (Å²) in [6.45, 7) is 8.83. The van der Waals surface area contributed by atoms with Crippen LogP contribution in [-0.2, 0) is 0 Å². The van der Waals surface area contributed by atoms with Crippen LogP contribution in [0.25, 0.3) is 0 Å². The van der Waals surface area contributed by atoms with Gasteiger partial charge >= 0.3 is 0 Å². The number of aryl methyl sites for hydroxylation is 1. The first-order valence-electron chi connectivity index (χ1n) is 7.12. The molecule has 1 aliphatic carbocycles. The van der Waals surface area contributed by atoms with Gasteiger partial charge in [-0.1, -0.05) is 31.0 Å². The molecule has 1 aromatic carbocycles. The third kappa shape index (κ3) is 2.69. The molecule has 2 atom stereocenters. The van der Waals surface area contributed by atoms with E-state index in [1.165, 1.54) is 30.5 Å². The molecular weight excluding hydrogens is 220 g/mol. The first kappa shape index (κ1) is 13.4. The third-order valence-electron chi connectivity index (χ3n) is 4.49. The first-order valence-corrected chi connectivity index (χ1v) is 7.12. The van der Waals surface area contributed by atoms with Gasteiger partial charge in [-0.3, -0.25) is 0 Å². The Hall–Kier alpha value is -1.02. The minimum absolute atomic E-state index is 0.279. The van der Waals surface area contributed by atoms with E-state index in [4.69, 9.17) is 5.73 Å². The molecule has 2 nitrogen and oxygen atoms in total. The topological polar surface area (TPSA) is 29.3 Å². The van der Waals surface area contributed by atoms with E-state index in [0.29, 0.717) is 6.04 Å². The standard InChI is InChI=1S/C16H26N2/c1-4-18(14-9-7-13(2)8-10-14)12-16(3)11-5-6-15(16)17/h7-10,15H,4-6,11-12,17H2,1-3H3.